The fourth-order valence-corrected chi connectivity index (χ4v) is 1.98. The standard InChI is InChI=1S/C7H3ClF2INO2/c8-5(13)3-2(11)1-12-7(14)4(3)6(9)10/h1,6H,(H,12,14). The Labute approximate surface area is 95.6 Å². The Morgan fingerprint density at radius 2 is 2.14 bits per heavy atom. The fourth-order valence-electron chi connectivity index (χ4n) is 0.929. The van der Waals surface area contributed by atoms with Gasteiger partial charge in [0.05, 0.1) is 11.1 Å². The third kappa shape index (κ3) is 2.11. The predicted molar refractivity (Wildman–Crippen MR) is 54.9 cm³/mol. The van der Waals surface area contributed by atoms with E-state index in [1.807, 2.05) is 0 Å². The summed E-state index contributed by atoms with van der Waals surface area (Å²) in [6.07, 6.45) is -1.86. The van der Waals surface area contributed by atoms with E-state index in [-0.39, 0.29) is 3.57 Å². The van der Waals surface area contributed by atoms with E-state index in [4.69, 9.17) is 11.6 Å². The quantitative estimate of drug-likeness (QED) is 0.667. The molecular weight excluding hydrogens is 330 g/mol. The van der Waals surface area contributed by atoms with E-state index >= 15 is 0 Å². The number of pyridine rings is 1. The third-order valence-corrected chi connectivity index (χ3v) is 2.54. The number of hydrogen-bond acceptors (Lipinski definition) is 2. The maximum absolute atomic E-state index is 12.4. The van der Waals surface area contributed by atoms with Crippen molar-refractivity contribution in [2.24, 2.45) is 0 Å². The van der Waals surface area contributed by atoms with E-state index in [1.54, 1.807) is 22.6 Å². The fraction of sp³-hybridized carbons (Fsp3) is 0.143. The van der Waals surface area contributed by atoms with Crippen LogP contribution in [0.15, 0.2) is 11.0 Å². The number of rotatable bonds is 2. The van der Waals surface area contributed by atoms with Crippen LogP contribution in [-0.4, -0.2) is 10.2 Å². The summed E-state index contributed by atoms with van der Waals surface area (Å²) in [5.41, 5.74) is -2.30. The van der Waals surface area contributed by atoms with Crippen LogP contribution in [0.5, 0.6) is 0 Å². The van der Waals surface area contributed by atoms with Gasteiger partial charge in [-0.05, 0) is 34.2 Å². The molecule has 1 rings (SSSR count). The smallest absolute Gasteiger partial charge is 0.269 e. The van der Waals surface area contributed by atoms with Gasteiger partial charge in [0, 0.05) is 9.77 Å². The largest absolute Gasteiger partial charge is 0.328 e. The molecule has 76 valence electrons. The van der Waals surface area contributed by atoms with E-state index in [2.05, 4.69) is 4.98 Å². The summed E-state index contributed by atoms with van der Waals surface area (Å²) < 4.78 is 25.0. The molecule has 0 atom stereocenters. The Bertz CT molecular complexity index is 432. The molecule has 0 radical (unpaired) electrons. The van der Waals surface area contributed by atoms with Crippen molar-refractivity contribution in [3.8, 4) is 0 Å². The first-order valence-corrected chi connectivity index (χ1v) is 4.80. The van der Waals surface area contributed by atoms with Gasteiger partial charge in [-0.1, -0.05) is 0 Å². The minimum atomic E-state index is -3.02. The van der Waals surface area contributed by atoms with Gasteiger partial charge in [-0.3, -0.25) is 9.59 Å². The topological polar surface area (TPSA) is 49.9 Å². The number of carbonyl (C=O) groups is 1. The average Bonchev–Trinajstić information content (AvgIpc) is 2.07. The molecule has 0 unspecified atom stereocenters. The lowest BCUT2D eigenvalue weighted by Crippen LogP contribution is -2.18. The highest BCUT2D eigenvalue weighted by Crippen LogP contribution is 2.23. The van der Waals surface area contributed by atoms with Crippen LogP contribution in [0.1, 0.15) is 22.3 Å². The molecule has 3 nitrogen and oxygen atoms in total. The SMILES string of the molecule is O=C(Cl)c1c(I)c[nH]c(=O)c1C(F)F. The van der Waals surface area contributed by atoms with Crippen LogP contribution in [0.3, 0.4) is 0 Å². The zero-order valence-corrected chi connectivity index (χ0v) is 9.40. The first-order valence-electron chi connectivity index (χ1n) is 3.34. The summed E-state index contributed by atoms with van der Waals surface area (Å²) >= 11 is 6.74. The van der Waals surface area contributed by atoms with Crippen LogP contribution in [0.25, 0.3) is 0 Å². The lowest BCUT2D eigenvalue weighted by molar-refractivity contribution is 0.106. The molecule has 0 fully saturated rings. The number of aromatic amines is 1. The number of hydrogen-bond donors (Lipinski definition) is 1. The molecule has 0 aliphatic rings. The Hall–Kier alpha value is -0.500. The van der Waals surface area contributed by atoms with Crippen molar-refractivity contribution >= 4 is 39.4 Å². The number of H-pyrrole nitrogens is 1. The molecule has 0 spiro atoms. The van der Waals surface area contributed by atoms with Crippen molar-refractivity contribution in [1.82, 2.24) is 4.98 Å². The first-order chi connectivity index (χ1) is 6.45. The minimum Gasteiger partial charge on any atom is -0.328 e. The molecule has 0 aliphatic carbocycles. The summed E-state index contributed by atoms with van der Waals surface area (Å²) in [5, 5.41) is -1.06. The molecule has 14 heavy (non-hydrogen) atoms. The highest BCUT2D eigenvalue weighted by molar-refractivity contribution is 14.1. The van der Waals surface area contributed by atoms with Gasteiger partial charge in [-0.15, -0.1) is 0 Å². The van der Waals surface area contributed by atoms with E-state index < -0.39 is 28.4 Å². The van der Waals surface area contributed by atoms with Gasteiger partial charge in [-0.2, -0.15) is 0 Å². The Morgan fingerprint density at radius 3 is 2.50 bits per heavy atom. The van der Waals surface area contributed by atoms with Crippen molar-refractivity contribution < 1.29 is 13.6 Å². The summed E-state index contributed by atoms with van der Waals surface area (Å²) in [7, 11) is 0. The second-order valence-corrected chi connectivity index (χ2v) is 3.83. The van der Waals surface area contributed by atoms with Crippen LogP contribution in [0.2, 0.25) is 0 Å². The lowest BCUT2D eigenvalue weighted by Gasteiger charge is -2.05. The molecule has 1 N–H and O–H groups in total. The Balaban J connectivity index is 3.58. The van der Waals surface area contributed by atoms with Crippen LogP contribution in [0, 0.1) is 3.57 Å². The molecule has 0 bridgehead atoms. The van der Waals surface area contributed by atoms with Gasteiger partial charge < -0.3 is 4.98 Å². The molecule has 1 aromatic heterocycles. The third-order valence-electron chi connectivity index (χ3n) is 1.50. The summed E-state index contributed by atoms with van der Waals surface area (Å²) in [6.45, 7) is 0. The van der Waals surface area contributed by atoms with E-state index in [1.165, 1.54) is 0 Å². The number of alkyl halides is 2. The molecule has 0 aliphatic heterocycles. The van der Waals surface area contributed by atoms with Gasteiger partial charge in [0.2, 0.25) is 0 Å². The normalized spacial score (nSPS) is 10.6. The van der Waals surface area contributed by atoms with Gasteiger partial charge in [0.1, 0.15) is 0 Å². The van der Waals surface area contributed by atoms with E-state index in [0.29, 0.717) is 0 Å². The molecule has 1 heterocycles. The molecule has 1 aromatic rings. The Kier molecular flexibility index (Phi) is 3.59. The molecule has 0 saturated heterocycles. The van der Waals surface area contributed by atoms with E-state index in [0.717, 1.165) is 6.20 Å². The second-order valence-electron chi connectivity index (χ2n) is 2.33. The highest BCUT2D eigenvalue weighted by Gasteiger charge is 2.23. The summed E-state index contributed by atoms with van der Waals surface area (Å²) in [6, 6.07) is 0. The van der Waals surface area contributed by atoms with Crippen molar-refractivity contribution in [2.75, 3.05) is 0 Å². The zero-order chi connectivity index (χ0) is 10.9. The molecule has 7 heteroatoms. The molecular formula is C7H3ClF2INO2. The maximum atomic E-state index is 12.4. The van der Waals surface area contributed by atoms with Crippen molar-refractivity contribution in [3.63, 3.8) is 0 Å². The van der Waals surface area contributed by atoms with E-state index in [9.17, 15) is 18.4 Å². The van der Waals surface area contributed by atoms with Gasteiger partial charge in [0.15, 0.2) is 0 Å². The molecule has 0 amide bonds. The first kappa shape index (κ1) is 11.6. The monoisotopic (exact) mass is 333 g/mol. The molecule has 0 saturated carbocycles. The average molecular weight is 333 g/mol. The Morgan fingerprint density at radius 1 is 1.57 bits per heavy atom. The number of nitrogens with one attached hydrogen (secondary N) is 1. The molecule has 0 aromatic carbocycles. The van der Waals surface area contributed by atoms with Crippen molar-refractivity contribution in [1.29, 1.82) is 0 Å². The van der Waals surface area contributed by atoms with Crippen LogP contribution in [0.4, 0.5) is 8.78 Å². The predicted octanol–water partition coefficient (Wildman–Crippen LogP) is 2.30. The van der Waals surface area contributed by atoms with Crippen LogP contribution < -0.4 is 5.56 Å². The van der Waals surface area contributed by atoms with Crippen LogP contribution >= 0.6 is 34.2 Å². The highest BCUT2D eigenvalue weighted by atomic mass is 127. The minimum absolute atomic E-state index is 0.192. The van der Waals surface area contributed by atoms with Crippen LogP contribution in [-0.2, 0) is 0 Å². The summed E-state index contributed by atoms with van der Waals surface area (Å²) in [4.78, 5) is 23.9. The number of carbonyl (C=O) groups excluding carboxylic acids is 1. The van der Waals surface area contributed by atoms with Gasteiger partial charge in [0.25, 0.3) is 17.2 Å². The lowest BCUT2D eigenvalue weighted by atomic mass is 10.1. The van der Waals surface area contributed by atoms with Crippen molar-refractivity contribution in [3.05, 3.63) is 31.2 Å². The summed E-state index contributed by atoms with van der Waals surface area (Å²) in [5.74, 6) is 0. The maximum Gasteiger partial charge on any atom is 0.269 e. The van der Waals surface area contributed by atoms with Gasteiger partial charge >= 0.3 is 0 Å². The number of halogens is 4. The zero-order valence-electron chi connectivity index (χ0n) is 6.48. The second kappa shape index (κ2) is 4.35. The van der Waals surface area contributed by atoms with Gasteiger partial charge in [-0.25, -0.2) is 8.78 Å². The number of aromatic nitrogens is 1. The van der Waals surface area contributed by atoms with Crippen molar-refractivity contribution in [2.45, 2.75) is 6.43 Å².